The Kier molecular flexibility index (Phi) is 10.5. The molecule has 0 fully saturated rings. The van der Waals surface area contributed by atoms with Crippen molar-refractivity contribution in [1.82, 2.24) is 4.98 Å². The molecule has 0 radical (unpaired) electrons. The number of ether oxygens (including phenoxy) is 1. The lowest BCUT2D eigenvalue weighted by Crippen LogP contribution is -2.22. The maximum atomic E-state index is 6.00. The number of nitrogens with zero attached hydrogens (tertiary/aromatic N) is 2. The summed E-state index contributed by atoms with van der Waals surface area (Å²) in [5.74, 6) is 2.53. The lowest BCUT2D eigenvalue weighted by Gasteiger charge is -2.09. The van der Waals surface area contributed by atoms with Gasteiger partial charge in [0.15, 0.2) is 16.9 Å². The average molecular weight is 458 g/mol. The molecular weight excluding hydrogens is 433 g/mol. The minimum atomic E-state index is 0. The number of benzene rings is 1. The second-order valence-electron chi connectivity index (χ2n) is 5.79. The number of para-hydroxylation sites is 1. The molecule has 3 aromatic rings. The van der Waals surface area contributed by atoms with E-state index in [9.17, 15) is 0 Å². The Bertz CT molecular complexity index is 913. The van der Waals surface area contributed by atoms with Gasteiger partial charge in [-0.3, -0.25) is 0 Å². The van der Waals surface area contributed by atoms with E-state index in [4.69, 9.17) is 20.6 Å². The van der Waals surface area contributed by atoms with Gasteiger partial charge in [0.2, 0.25) is 0 Å². The largest absolute Gasteiger partial charge is 0.493 e. The van der Waals surface area contributed by atoms with Gasteiger partial charge in [0.1, 0.15) is 17.2 Å². The fourth-order valence-corrected chi connectivity index (χ4v) is 3.08. The fourth-order valence-electron chi connectivity index (χ4n) is 2.38. The van der Waals surface area contributed by atoms with Crippen LogP contribution < -0.4 is 21.5 Å². The molecule has 0 atom stereocenters. The van der Waals surface area contributed by atoms with Crippen molar-refractivity contribution in [3.8, 4) is 17.2 Å². The topological polar surface area (TPSA) is 112 Å². The Balaban J connectivity index is 0.00000210. The Hall–Kier alpha value is -2.26. The predicted octanol–water partition coefficient (Wildman–Crippen LogP) is 4.42. The highest BCUT2D eigenvalue weighted by atomic mass is 35.5. The zero-order chi connectivity index (χ0) is 19.1. The van der Waals surface area contributed by atoms with Crippen molar-refractivity contribution in [1.29, 1.82) is 0 Å². The molecule has 3 rings (SSSR count). The minimum Gasteiger partial charge on any atom is -0.493 e. The fraction of sp³-hybridized carbons (Fsp3) is 0.263. The number of thiazole rings is 1. The summed E-state index contributed by atoms with van der Waals surface area (Å²) >= 11 is 1.43. The van der Waals surface area contributed by atoms with Crippen LogP contribution in [0.15, 0.2) is 51.2 Å². The van der Waals surface area contributed by atoms with E-state index in [0.717, 1.165) is 29.2 Å². The summed E-state index contributed by atoms with van der Waals surface area (Å²) < 4.78 is 11.3. The number of furan rings is 1. The number of anilines is 1. The van der Waals surface area contributed by atoms with Crippen LogP contribution in [0, 0.1) is 0 Å². The van der Waals surface area contributed by atoms with Crippen LogP contribution in [0.4, 0.5) is 5.13 Å². The number of nitrogens with one attached hydrogen (secondary N) is 1. The second kappa shape index (κ2) is 12.3. The first-order valence-electron chi connectivity index (χ1n) is 8.72. The van der Waals surface area contributed by atoms with E-state index in [1.54, 1.807) is 0 Å². The molecule has 0 amide bonds. The number of aliphatic imine (C=N–C) groups is 1. The zero-order valence-corrected chi connectivity index (χ0v) is 18.4. The summed E-state index contributed by atoms with van der Waals surface area (Å²) in [5, 5.41) is 5.55. The molecule has 10 heteroatoms. The van der Waals surface area contributed by atoms with Gasteiger partial charge in [0, 0.05) is 10.9 Å². The average Bonchev–Trinajstić information content (AvgIpc) is 3.34. The van der Waals surface area contributed by atoms with E-state index >= 15 is 0 Å². The molecule has 0 spiro atoms. The summed E-state index contributed by atoms with van der Waals surface area (Å²) in [6.07, 6.45) is 0.954. The van der Waals surface area contributed by atoms with Crippen LogP contribution in [0.25, 0.3) is 11.5 Å². The highest BCUT2D eigenvalue weighted by Gasteiger charge is 2.09. The smallest absolute Gasteiger partial charge is 0.195 e. The molecule has 7 nitrogen and oxygen atoms in total. The number of hydrogen-bond acceptors (Lipinski definition) is 6. The lowest BCUT2D eigenvalue weighted by molar-refractivity contribution is 0.314. The van der Waals surface area contributed by atoms with Crippen LogP contribution in [0.1, 0.15) is 24.7 Å². The molecule has 0 unspecified atom stereocenters. The van der Waals surface area contributed by atoms with Crippen LogP contribution >= 0.6 is 36.2 Å². The molecule has 1 aromatic carbocycles. The molecule has 0 aliphatic rings. The first-order valence-corrected chi connectivity index (χ1v) is 9.60. The Morgan fingerprint density at radius 3 is 2.76 bits per heavy atom. The zero-order valence-electron chi connectivity index (χ0n) is 16.0. The van der Waals surface area contributed by atoms with E-state index < -0.39 is 0 Å². The van der Waals surface area contributed by atoms with Gasteiger partial charge in [-0.2, -0.15) is 0 Å². The first-order chi connectivity index (χ1) is 13.2. The molecular formula is C19H25Cl2N5O2S. The number of nitrogens with two attached hydrogens (primary N) is 2. The molecule has 0 aliphatic carbocycles. The highest BCUT2D eigenvalue weighted by molar-refractivity contribution is 7.14. The van der Waals surface area contributed by atoms with E-state index in [0.29, 0.717) is 36.5 Å². The molecule has 5 N–H and O–H groups in total. The van der Waals surface area contributed by atoms with Crippen LogP contribution in [0.2, 0.25) is 0 Å². The highest BCUT2D eigenvalue weighted by Crippen LogP contribution is 2.26. The van der Waals surface area contributed by atoms with Gasteiger partial charge < -0.3 is 25.9 Å². The number of hydrogen-bond donors (Lipinski definition) is 3. The van der Waals surface area contributed by atoms with Gasteiger partial charge in [0.05, 0.1) is 19.7 Å². The number of aromatic nitrogens is 1. The molecule has 29 heavy (non-hydrogen) atoms. The summed E-state index contributed by atoms with van der Waals surface area (Å²) in [6, 6.07) is 11.5. The van der Waals surface area contributed by atoms with Gasteiger partial charge in [-0.1, -0.05) is 25.1 Å². The van der Waals surface area contributed by atoms with E-state index in [1.165, 1.54) is 11.3 Å². The molecule has 2 heterocycles. The monoisotopic (exact) mass is 457 g/mol. The number of rotatable bonds is 8. The molecule has 0 saturated heterocycles. The number of halogens is 2. The third-order valence-corrected chi connectivity index (χ3v) is 4.47. The molecule has 158 valence electrons. The number of guanidine groups is 1. The van der Waals surface area contributed by atoms with Crippen molar-refractivity contribution in [2.24, 2.45) is 16.5 Å². The Morgan fingerprint density at radius 2 is 2.03 bits per heavy atom. The lowest BCUT2D eigenvalue weighted by atomic mass is 10.2. The van der Waals surface area contributed by atoms with Crippen LogP contribution in [0.5, 0.6) is 5.75 Å². The summed E-state index contributed by atoms with van der Waals surface area (Å²) in [6.45, 7) is 3.53. The third-order valence-electron chi connectivity index (χ3n) is 3.71. The normalized spacial score (nSPS) is 10.8. The summed E-state index contributed by atoms with van der Waals surface area (Å²) in [7, 11) is 0. The van der Waals surface area contributed by atoms with Crippen LogP contribution in [0.3, 0.4) is 0 Å². The maximum Gasteiger partial charge on any atom is 0.195 e. The van der Waals surface area contributed by atoms with Crippen molar-refractivity contribution in [3.05, 3.63) is 53.1 Å². The van der Waals surface area contributed by atoms with Gasteiger partial charge in [-0.05, 0) is 24.6 Å². The molecule has 0 aliphatic heterocycles. The molecule has 0 bridgehead atoms. The van der Waals surface area contributed by atoms with E-state index in [1.807, 2.05) is 41.8 Å². The Labute approximate surface area is 186 Å². The van der Waals surface area contributed by atoms with Crippen molar-refractivity contribution in [2.45, 2.75) is 26.4 Å². The molecule has 2 aromatic heterocycles. The standard InChI is InChI=1S/C19H23N5O2S.2ClH/c1-2-9-25-16-6-4-3-5-13(16)11-22-18(21)24-19-23-15(12-27-19)17-8-7-14(10-20)26-17;;/h3-8,12H,2,9-11,20H2,1H3,(H3,21,22,23,24);2*1H. The second-order valence-corrected chi connectivity index (χ2v) is 6.65. The predicted molar refractivity (Wildman–Crippen MR) is 123 cm³/mol. The third kappa shape index (κ3) is 6.93. The van der Waals surface area contributed by atoms with Crippen molar-refractivity contribution < 1.29 is 9.15 Å². The first kappa shape index (κ1) is 24.8. The maximum absolute atomic E-state index is 6.00. The SMILES string of the molecule is CCCOc1ccccc1CN=C(N)Nc1nc(-c2ccc(CN)o2)cs1.Cl.Cl. The quantitative estimate of drug-likeness (QED) is 0.340. The van der Waals surface area contributed by atoms with Crippen molar-refractivity contribution in [3.63, 3.8) is 0 Å². The van der Waals surface area contributed by atoms with Crippen molar-refractivity contribution in [2.75, 3.05) is 11.9 Å². The van der Waals surface area contributed by atoms with E-state index in [2.05, 4.69) is 22.2 Å². The van der Waals surface area contributed by atoms with Gasteiger partial charge in [-0.25, -0.2) is 9.98 Å². The van der Waals surface area contributed by atoms with Gasteiger partial charge >= 0.3 is 0 Å². The molecule has 0 saturated carbocycles. The van der Waals surface area contributed by atoms with Crippen molar-refractivity contribution >= 4 is 47.2 Å². The van der Waals surface area contributed by atoms with E-state index in [-0.39, 0.29) is 24.8 Å². The van der Waals surface area contributed by atoms with Gasteiger partial charge in [-0.15, -0.1) is 36.2 Å². The van der Waals surface area contributed by atoms with Gasteiger partial charge in [0.25, 0.3) is 0 Å². The summed E-state index contributed by atoms with van der Waals surface area (Å²) in [4.78, 5) is 8.86. The Morgan fingerprint density at radius 1 is 1.24 bits per heavy atom. The van der Waals surface area contributed by atoms with Crippen LogP contribution in [-0.2, 0) is 13.1 Å². The summed E-state index contributed by atoms with van der Waals surface area (Å²) in [5.41, 5.74) is 13.3. The van der Waals surface area contributed by atoms with Crippen LogP contribution in [-0.4, -0.2) is 17.6 Å². The minimum absolute atomic E-state index is 0.